The summed E-state index contributed by atoms with van der Waals surface area (Å²) in [4.78, 5) is 26.1. The molecule has 0 atom stereocenters. The Morgan fingerprint density at radius 1 is 1.44 bits per heavy atom. The van der Waals surface area contributed by atoms with Gasteiger partial charge in [0.1, 0.15) is 0 Å². The topological polar surface area (TPSA) is 66.9 Å². The monoisotopic (exact) mass is 239 g/mol. The van der Waals surface area contributed by atoms with Gasteiger partial charge in [0, 0.05) is 0 Å². The van der Waals surface area contributed by atoms with E-state index in [2.05, 4.69) is 10.3 Å². The summed E-state index contributed by atoms with van der Waals surface area (Å²) in [6, 6.07) is 4.93. The molecule has 2 rings (SSSR count). The first-order valence-electron chi connectivity index (χ1n) is 4.71. The highest BCUT2D eigenvalue weighted by Gasteiger charge is 2.08. The Balaban J connectivity index is 2.90. The third kappa shape index (κ3) is 1.64. The molecule has 0 aliphatic heterocycles. The normalized spacial score (nSPS) is 10.9. The van der Waals surface area contributed by atoms with Gasteiger partial charge >= 0.3 is 5.69 Å². The van der Waals surface area contributed by atoms with E-state index in [-0.39, 0.29) is 12.2 Å². The number of aromatic nitrogens is 2. The lowest BCUT2D eigenvalue weighted by molar-refractivity contribution is 0.574. The van der Waals surface area contributed by atoms with Gasteiger partial charge in [0.15, 0.2) is 0 Å². The van der Waals surface area contributed by atoms with Crippen molar-refractivity contribution in [1.29, 1.82) is 0 Å². The van der Waals surface area contributed by atoms with Crippen LogP contribution in [-0.2, 0) is 6.67 Å². The Morgan fingerprint density at radius 3 is 2.88 bits per heavy atom. The van der Waals surface area contributed by atoms with Gasteiger partial charge in [-0.05, 0) is 19.2 Å². The van der Waals surface area contributed by atoms with Crippen molar-refractivity contribution in [3.63, 3.8) is 0 Å². The van der Waals surface area contributed by atoms with Crippen LogP contribution in [0.1, 0.15) is 0 Å². The number of hydrogen-bond donors (Lipinski definition) is 2. The van der Waals surface area contributed by atoms with Crippen LogP contribution < -0.4 is 16.6 Å². The molecule has 0 fully saturated rings. The number of halogens is 1. The third-order valence-electron chi connectivity index (χ3n) is 2.28. The van der Waals surface area contributed by atoms with Crippen LogP contribution in [0.3, 0.4) is 0 Å². The molecule has 0 saturated heterocycles. The number of nitrogens with zero attached hydrogens (tertiary/aromatic N) is 1. The number of hydrogen-bond acceptors (Lipinski definition) is 3. The quantitative estimate of drug-likeness (QED) is 0.803. The molecule has 0 saturated carbocycles. The smallest absolute Gasteiger partial charge is 0.305 e. The molecule has 1 aromatic carbocycles. The minimum absolute atomic E-state index is 0.163. The Labute approximate surface area is 95.7 Å². The molecule has 6 heteroatoms. The molecule has 0 aliphatic rings. The molecule has 0 amide bonds. The van der Waals surface area contributed by atoms with Crippen LogP contribution in [0.15, 0.2) is 27.8 Å². The standard InChI is InChI=1S/C10H10ClN3O2/c1-12-5-14-9(15)6-3-2-4-7(11)8(6)13-10(14)16/h2-4,12H,5H2,1H3,(H,13,16). The molecular formula is C10H10ClN3O2. The number of rotatable bonds is 2. The minimum Gasteiger partial charge on any atom is -0.305 e. The average molecular weight is 240 g/mol. The molecule has 84 valence electrons. The summed E-state index contributed by atoms with van der Waals surface area (Å²) in [5, 5.41) is 3.52. The van der Waals surface area contributed by atoms with Crippen LogP contribution in [0, 0.1) is 0 Å². The Hall–Kier alpha value is -1.59. The molecular weight excluding hydrogens is 230 g/mol. The number of H-pyrrole nitrogens is 1. The summed E-state index contributed by atoms with van der Waals surface area (Å²) in [5.41, 5.74) is -0.443. The van der Waals surface area contributed by atoms with Crippen LogP contribution in [0.25, 0.3) is 10.9 Å². The van der Waals surface area contributed by atoms with Crippen molar-refractivity contribution in [1.82, 2.24) is 14.9 Å². The van der Waals surface area contributed by atoms with Crippen LogP contribution in [0.4, 0.5) is 0 Å². The zero-order valence-electron chi connectivity index (χ0n) is 8.58. The van der Waals surface area contributed by atoms with Gasteiger partial charge in [-0.2, -0.15) is 0 Å². The highest BCUT2D eigenvalue weighted by Crippen LogP contribution is 2.16. The first-order valence-corrected chi connectivity index (χ1v) is 5.09. The second kappa shape index (κ2) is 4.11. The van der Waals surface area contributed by atoms with Crippen molar-refractivity contribution < 1.29 is 0 Å². The van der Waals surface area contributed by atoms with E-state index in [1.165, 1.54) is 0 Å². The molecule has 1 heterocycles. The molecule has 16 heavy (non-hydrogen) atoms. The fourth-order valence-corrected chi connectivity index (χ4v) is 1.76. The molecule has 0 spiro atoms. The maximum atomic E-state index is 11.9. The summed E-state index contributed by atoms with van der Waals surface area (Å²) < 4.78 is 1.08. The van der Waals surface area contributed by atoms with Crippen LogP contribution in [-0.4, -0.2) is 16.6 Å². The van der Waals surface area contributed by atoms with Gasteiger partial charge in [-0.1, -0.05) is 17.7 Å². The van der Waals surface area contributed by atoms with E-state index in [1.54, 1.807) is 25.2 Å². The first-order chi connectivity index (χ1) is 7.65. The van der Waals surface area contributed by atoms with Gasteiger partial charge in [0.2, 0.25) is 0 Å². The van der Waals surface area contributed by atoms with E-state index in [0.717, 1.165) is 4.57 Å². The van der Waals surface area contributed by atoms with E-state index >= 15 is 0 Å². The highest BCUT2D eigenvalue weighted by molar-refractivity contribution is 6.34. The lowest BCUT2D eigenvalue weighted by atomic mass is 10.2. The molecule has 2 N–H and O–H groups in total. The molecule has 0 unspecified atom stereocenters. The van der Waals surface area contributed by atoms with Gasteiger partial charge in [0.25, 0.3) is 5.56 Å². The number of nitrogens with one attached hydrogen (secondary N) is 2. The van der Waals surface area contributed by atoms with Gasteiger partial charge in [0.05, 0.1) is 22.6 Å². The van der Waals surface area contributed by atoms with Crippen molar-refractivity contribution >= 4 is 22.5 Å². The zero-order valence-corrected chi connectivity index (χ0v) is 9.34. The SMILES string of the molecule is CNCn1c(=O)[nH]c2c(Cl)cccc2c1=O. The number of benzene rings is 1. The fourth-order valence-electron chi connectivity index (χ4n) is 1.54. The van der Waals surface area contributed by atoms with Crippen molar-refractivity contribution in [3.8, 4) is 0 Å². The van der Waals surface area contributed by atoms with Crippen LogP contribution in [0.5, 0.6) is 0 Å². The maximum absolute atomic E-state index is 11.9. The molecule has 1 aromatic heterocycles. The molecule has 2 aromatic rings. The second-order valence-electron chi connectivity index (χ2n) is 3.34. The largest absolute Gasteiger partial charge is 0.329 e. The predicted molar refractivity (Wildman–Crippen MR) is 62.9 cm³/mol. The van der Waals surface area contributed by atoms with Crippen molar-refractivity contribution in [3.05, 3.63) is 44.1 Å². The number of fused-ring (bicyclic) bond motifs is 1. The first kappa shape index (κ1) is 10.9. The second-order valence-corrected chi connectivity index (χ2v) is 3.74. The third-order valence-corrected chi connectivity index (χ3v) is 2.60. The number of para-hydroxylation sites is 1. The molecule has 0 radical (unpaired) electrons. The van der Waals surface area contributed by atoms with Gasteiger partial charge in [-0.25, -0.2) is 9.36 Å². The predicted octanol–water partition coefficient (Wildman–Crippen LogP) is 0.520. The van der Waals surface area contributed by atoms with Crippen molar-refractivity contribution in [2.45, 2.75) is 6.67 Å². The van der Waals surface area contributed by atoms with Gasteiger partial charge < -0.3 is 10.3 Å². The minimum atomic E-state index is -0.472. The summed E-state index contributed by atoms with van der Waals surface area (Å²) in [5.74, 6) is 0. The van der Waals surface area contributed by atoms with Gasteiger partial charge in [-0.15, -0.1) is 0 Å². The summed E-state index contributed by atoms with van der Waals surface area (Å²) >= 11 is 5.90. The van der Waals surface area contributed by atoms with E-state index in [4.69, 9.17) is 11.6 Å². The van der Waals surface area contributed by atoms with Crippen molar-refractivity contribution in [2.24, 2.45) is 0 Å². The lowest BCUT2D eigenvalue weighted by Gasteiger charge is -2.05. The average Bonchev–Trinajstić information content (AvgIpc) is 2.26. The van der Waals surface area contributed by atoms with Crippen LogP contribution >= 0.6 is 11.6 Å². The Morgan fingerprint density at radius 2 is 2.19 bits per heavy atom. The van der Waals surface area contributed by atoms with Crippen molar-refractivity contribution in [2.75, 3.05) is 7.05 Å². The maximum Gasteiger partial charge on any atom is 0.329 e. The highest BCUT2D eigenvalue weighted by atomic mass is 35.5. The summed E-state index contributed by atoms with van der Waals surface area (Å²) in [6.07, 6.45) is 0. The van der Waals surface area contributed by atoms with E-state index in [9.17, 15) is 9.59 Å². The molecule has 0 aliphatic carbocycles. The molecule has 5 nitrogen and oxygen atoms in total. The fraction of sp³-hybridized carbons (Fsp3) is 0.200. The number of aromatic amines is 1. The lowest BCUT2D eigenvalue weighted by Crippen LogP contribution is -2.38. The summed E-state index contributed by atoms with van der Waals surface area (Å²) in [7, 11) is 1.66. The van der Waals surface area contributed by atoms with Crippen LogP contribution in [0.2, 0.25) is 5.02 Å². The Bertz CT molecular complexity index is 645. The van der Waals surface area contributed by atoms with E-state index in [0.29, 0.717) is 15.9 Å². The van der Waals surface area contributed by atoms with E-state index in [1.807, 2.05) is 0 Å². The van der Waals surface area contributed by atoms with Gasteiger partial charge in [-0.3, -0.25) is 4.79 Å². The molecule has 0 bridgehead atoms. The summed E-state index contributed by atoms with van der Waals surface area (Å²) in [6.45, 7) is 0.163. The zero-order chi connectivity index (χ0) is 11.7. The Kier molecular flexibility index (Phi) is 2.80. The van der Waals surface area contributed by atoms with E-state index < -0.39 is 5.69 Å².